The van der Waals surface area contributed by atoms with E-state index < -0.39 is 24.0 Å². The highest BCUT2D eigenvalue weighted by Crippen LogP contribution is 2.12. The highest BCUT2D eigenvalue weighted by atomic mass is 16.4. The lowest BCUT2D eigenvalue weighted by Crippen LogP contribution is -2.53. The molecule has 14 heavy (non-hydrogen) atoms. The Labute approximate surface area is 81.3 Å². The van der Waals surface area contributed by atoms with E-state index in [9.17, 15) is 14.7 Å². The van der Waals surface area contributed by atoms with Gasteiger partial charge in [-0.2, -0.15) is 0 Å². The van der Waals surface area contributed by atoms with Crippen LogP contribution in [0.4, 0.5) is 0 Å². The summed E-state index contributed by atoms with van der Waals surface area (Å²) in [4.78, 5) is 23.1. The number of hydrogen-bond donors (Lipinski definition) is 3. The van der Waals surface area contributed by atoms with Gasteiger partial charge in [0.05, 0.1) is 6.10 Å². The molecule has 0 aromatic heterocycles. The minimum absolute atomic E-state index is 0.390. The van der Waals surface area contributed by atoms with Crippen molar-refractivity contribution in [3.05, 3.63) is 0 Å². The quantitative estimate of drug-likeness (QED) is 0.477. The highest BCUT2D eigenvalue weighted by Gasteiger charge is 2.33. The number of piperidine rings is 1. The van der Waals surface area contributed by atoms with E-state index in [4.69, 9.17) is 10.8 Å². The average molecular weight is 202 g/mol. The van der Waals surface area contributed by atoms with Crippen LogP contribution in [0.5, 0.6) is 0 Å². The van der Waals surface area contributed by atoms with E-state index in [2.05, 4.69) is 0 Å². The summed E-state index contributed by atoms with van der Waals surface area (Å²) in [6, 6.07) is -1.26. The first-order chi connectivity index (χ1) is 6.52. The van der Waals surface area contributed by atoms with Gasteiger partial charge in [0.15, 0.2) is 6.04 Å². The predicted molar refractivity (Wildman–Crippen MR) is 47.4 cm³/mol. The zero-order valence-corrected chi connectivity index (χ0v) is 7.72. The SMILES string of the molecule is NC(=O)C(C(=O)O)N1CCC(O)CC1. The van der Waals surface area contributed by atoms with Crippen LogP contribution < -0.4 is 5.73 Å². The summed E-state index contributed by atoms with van der Waals surface area (Å²) in [5, 5.41) is 18.0. The second-order valence-electron chi connectivity index (χ2n) is 3.41. The number of rotatable bonds is 3. The summed E-state index contributed by atoms with van der Waals surface area (Å²) >= 11 is 0. The standard InChI is InChI=1S/C8H14N2O4/c9-7(12)6(8(13)14)10-3-1-5(11)2-4-10/h5-6,11H,1-4H2,(H2,9,12)(H,13,14). The van der Waals surface area contributed by atoms with Crippen LogP contribution in [0.15, 0.2) is 0 Å². The van der Waals surface area contributed by atoms with Gasteiger partial charge in [0.2, 0.25) is 5.91 Å². The van der Waals surface area contributed by atoms with Gasteiger partial charge in [0, 0.05) is 13.1 Å². The number of carbonyl (C=O) groups excluding carboxylic acids is 1. The van der Waals surface area contributed by atoms with E-state index in [-0.39, 0.29) is 0 Å². The number of aliphatic carboxylic acids is 1. The van der Waals surface area contributed by atoms with Crippen molar-refractivity contribution in [2.24, 2.45) is 5.73 Å². The zero-order valence-electron chi connectivity index (χ0n) is 7.72. The first kappa shape index (κ1) is 10.9. The maximum Gasteiger partial charge on any atom is 0.330 e. The van der Waals surface area contributed by atoms with E-state index in [1.54, 1.807) is 0 Å². The Bertz CT molecular complexity index is 221. The molecule has 0 radical (unpaired) electrons. The van der Waals surface area contributed by atoms with Gasteiger partial charge in [-0.15, -0.1) is 0 Å². The number of nitrogens with zero attached hydrogens (tertiary/aromatic N) is 1. The molecule has 4 N–H and O–H groups in total. The van der Waals surface area contributed by atoms with Gasteiger partial charge < -0.3 is 15.9 Å². The Kier molecular flexibility index (Phi) is 3.43. The van der Waals surface area contributed by atoms with E-state index >= 15 is 0 Å². The van der Waals surface area contributed by atoms with Crippen LogP contribution in [0, 0.1) is 0 Å². The topological polar surface area (TPSA) is 104 Å². The third-order valence-electron chi connectivity index (χ3n) is 2.37. The van der Waals surface area contributed by atoms with Gasteiger partial charge in [0.25, 0.3) is 0 Å². The number of primary amides is 1. The van der Waals surface area contributed by atoms with E-state index in [0.717, 1.165) is 0 Å². The number of carboxylic acids is 1. The fourth-order valence-corrected chi connectivity index (χ4v) is 1.60. The van der Waals surface area contributed by atoms with E-state index in [1.165, 1.54) is 4.90 Å². The molecule has 1 aliphatic heterocycles. The molecule has 0 saturated carbocycles. The van der Waals surface area contributed by atoms with E-state index in [0.29, 0.717) is 25.9 Å². The monoisotopic (exact) mass is 202 g/mol. The lowest BCUT2D eigenvalue weighted by Gasteiger charge is -2.32. The molecule has 6 heteroatoms. The molecule has 0 aliphatic carbocycles. The lowest BCUT2D eigenvalue weighted by molar-refractivity contribution is -0.149. The molecular formula is C8H14N2O4. The average Bonchev–Trinajstić information content (AvgIpc) is 2.07. The second-order valence-corrected chi connectivity index (χ2v) is 3.41. The summed E-state index contributed by atoms with van der Waals surface area (Å²) in [6.07, 6.45) is 0.572. The first-order valence-electron chi connectivity index (χ1n) is 4.46. The molecule has 0 spiro atoms. The van der Waals surface area contributed by atoms with Gasteiger partial charge in [-0.3, -0.25) is 9.69 Å². The molecule has 0 bridgehead atoms. The Morgan fingerprint density at radius 2 is 1.86 bits per heavy atom. The van der Waals surface area contributed by atoms with E-state index in [1.807, 2.05) is 0 Å². The van der Waals surface area contributed by atoms with Crippen molar-refractivity contribution in [3.8, 4) is 0 Å². The molecular weight excluding hydrogens is 188 g/mol. The number of aliphatic hydroxyl groups excluding tert-OH is 1. The second kappa shape index (κ2) is 4.39. The number of hydrogen-bond acceptors (Lipinski definition) is 4. The molecule has 1 unspecified atom stereocenters. The maximum atomic E-state index is 10.9. The minimum atomic E-state index is -1.26. The number of likely N-dealkylation sites (tertiary alicyclic amines) is 1. The Balaban J connectivity index is 2.61. The zero-order chi connectivity index (χ0) is 10.7. The van der Waals surface area contributed by atoms with Crippen molar-refractivity contribution in [2.75, 3.05) is 13.1 Å². The number of aliphatic hydroxyl groups is 1. The molecule has 80 valence electrons. The molecule has 1 atom stereocenters. The van der Waals surface area contributed by atoms with Crippen LogP contribution in [0.25, 0.3) is 0 Å². The molecule has 6 nitrogen and oxygen atoms in total. The van der Waals surface area contributed by atoms with Crippen molar-refractivity contribution in [2.45, 2.75) is 25.0 Å². The van der Waals surface area contributed by atoms with Crippen LogP contribution in [0.1, 0.15) is 12.8 Å². The maximum absolute atomic E-state index is 10.9. The molecule has 1 saturated heterocycles. The number of carbonyl (C=O) groups is 2. The van der Waals surface area contributed by atoms with Crippen molar-refractivity contribution in [3.63, 3.8) is 0 Å². The Hall–Kier alpha value is -1.14. The summed E-state index contributed by atoms with van der Waals surface area (Å²) in [6.45, 7) is 0.780. The first-order valence-corrected chi connectivity index (χ1v) is 4.46. The van der Waals surface area contributed by atoms with Gasteiger partial charge in [-0.1, -0.05) is 0 Å². The molecule has 1 fully saturated rings. The summed E-state index contributed by atoms with van der Waals surface area (Å²) in [7, 11) is 0. The third-order valence-corrected chi connectivity index (χ3v) is 2.37. The van der Waals surface area contributed by atoms with Crippen molar-refractivity contribution in [1.29, 1.82) is 0 Å². The molecule has 1 aliphatic rings. The Morgan fingerprint density at radius 3 is 2.21 bits per heavy atom. The molecule has 0 aromatic rings. The van der Waals surface area contributed by atoms with Crippen LogP contribution in [-0.4, -0.2) is 52.2 Å². The van der Waals surface area contributed by atoms with Crippen molar-refractivity contribution in [1.82, 2.24) is 4.90 Å². The highest BCUT2D eigenvalue weighted by molar-refractivity contribution is 6.00. The molecule has 1 amide bonds. The predicted octanol–water partition coefficient (Wildman–Crippen LogP) is -1.62. The molecule has 1 rings (SSSR count). The minimum Gasteiger partial charge on any atom is -0.480 e. The van der Waals surface area contributed by atoms with Gasteiger partial charge in [0.1, 0.15) is 0 Å². The normalized spacial score (nSPS) is 21.8. The third kappa shape index (κ3) is 2.43. The fraction of sp³-hybridized carbons (Fsp3) is 0.750. The lowest BCUT2D eigenvalue weighted by atomic mass is 10.1. The summed E-state index contributed by atoms with van der Waals surface area (Å²) in [5.74, 6) is -2.08. The van der Waals surface area contributed by atoms with Crippen LogP contribution >= 0.6 is 0 Å². The van der Waals surface area contributed by atoms with Gasteiger partial charge in [-0.05, 0) is 12.8 Å². The number of carboxylic acid groups (broad SMARTS) is 1. The number of nitrogens with two attached hydrogens (primary N) is 1. The van der Waals surface area contributed by atoms with Gasteiger partial charge >= 0.3 is 5.97 Å². The summed E-state index contributed by atoms with van der Waals surface area (Å²) in [5.41, 5.74) is 4.98. The van der Waals surface area contributed by atoms with Crippen LogP contribution in [0.3, 0.4) is 0 Å². The largest absolute Gasteiger partial charge is 0.480 e. The van der Waals surface area contributed by atoms with Crippen molar-refractivity contribution < 1.29 is 19.8 Å². The van der Waals surface area contributed by atoms with Crippen LogP contribution in [-0.2, 0) is 9.59 Å². The number of amides is 1. The fourth-order valence-electron chi connectivity index (χ4n) is 1.60. The Morgan fingerprint density at radius 1 is 1.36 bits per heavy atom. The van der Waals surface area contributed by atoms with Crippen LogP contribution in [0.2, 0.25) is 0 Å². The summed E-state index contributed by atoms with van der Waals surface area (Å²) < 4.78 is 0. The molecule has 1 heterocycles. The van der Waals surface area contributed by atoms with Crippen molar-refractivity contribution >= 4 is 11.9 Å². The molecule has 0 aromatic carbocycles. The van der Waals surface area contributed by atoms with Gasteiger partial charge in [-0.25, -0.2) is 4.79 Å². The smallest absolute Gasteiger partial charge is 0.330 e.